The molecule has 1 N–H and O–H groups in total. The van der Waals surface area contributed by atoms with Crippen LogP contribution < -0.4 is 0 Å². The summed E-state index contributed by atoms with van der Waals surface area (Å²) in [5.41, 5.74) is 2.20. The second-order valence-electron chi connectivity index (χ2n) is 3.40. The number of phenols is 1. The fourth-order valence-corrected chi connectivity index (χ4v) is 1.90. The Morgan fingerprint density at radius 2 is 1.81 bits per heavy atom. The molecule has 0 aliphatic rings. The molecular weight excluding hydrogens is 268 g/mol. The van der Waals surface area contributed by atoms with Crippen LogP contribution in [0.25, 0.3) is 11.1 Å². The van der Waals surface area contributed by atoms with Crippen LogP contribution in [0.2, 0.25) is 0 Å². The molecule has 0 saturated heterocycles. The van der Waals surface area contributed by atoms with E-state index >= 15 is 0 Å². The number of aldehydes is 1. The Morgan fingerprint density at radius 1 is 1.06 bits per heavy atom. The van der Waals surface area contributed by atoms with E-state index in [-0.39, 0.29) is 5.75 Å². The standard InChI is InChI=1S/C13H9BrO2/c14-12-3-1-2-9(7-12)10-4-5-13(16)11(6-10)8-15/h1-8,16H. The van der Waals surface area contributed by atoms with Crippen molar-refractivity contribution in [3.8, 4) is 16.9 Å². The number of rotatable bonds is 2. The number of benzene rings is 2. The minimum Gasteiger partial charge on any atom is -0.507 e. The zero-order valence-electron chi connectivity index (χ0n) is 8.35. The smallest absolute Gasteiger partial charge is 0.153 e. The third-order valence-electron chi connectivity index (χ3n) is 2.31. The Kier molecular flexibility index (Phi) is 3.06. The van der Waals surface area contributed by atoms with E-state index in [1.807, 2.05) is 24.3 Å². The summed E-state index contributed by atoms with van der Waals surface area (Å²) in [4.78, 5) is 10.7. The Labute approximate surface area is 102 Å². The number of hydrogen-bond acceptors (Lipinski definition) is 2. The maximum absolute atomic E-state index is 10.7. The van der Waals surface area contributed by atoms with Crippen LogP contribution in [0.4, 0.5) is 0 Å². The molecule has 0 heterocycles. The van der Waals surface area contributed by atoms with E-state index in [1.165, 1.54) is 6.07 Å². The summed E-state index contributed by atoms with van der Waals surface area (Å²) in [7, 11) is 0. The maximum Gasteiger partial charge on any atom is 0.153 e. The number of carbonyl (C=O) groups excluding carboxylic acids is 1. The Balaban J connectivity index is 2.52. The predicted molar refractivity (Wildman–Crippen MR) is 66.6 cm³/mol. The van der Waals surface area contributed by atoms with Gasteiger partial charge in [-0.3, -0.25) is 4.79 Å². The quantitative estimate of drug-likeness (QED) is 0.851. The molecule has 2 aromatic rings. The van der Waals surface area contributed by atoms with E-state index in [4.69, 9.17) is 0 Å². The first kappa shape index (κ1) is 10.9. The van der Waals surface area contributed by atoms with Crippen LogP contribution in [0.1, 0.15) is 10.4 Å². The number of hydrogen-bond donors (Lipinski definition) is 1. The highest BCUT2D eigenvalue weighted by atomic mass is 79.9. The van der Waals surface area contributed by atoms with Gasteiger partial charge in [-0.2, -0.15) is 0 Å². The van der Waals surface area contributed by atoms with Gasteiger partial charge in [0, 0.05) is 4.47 Å². The summed E-state index contributed by atoms with van der Waals surface area (Å²) in [6.07, 6.45) is 0.650. The Morgan fingerprint density at radius 3 is 2.50 bits per heavy atom. The highest BCUT2D eigenvalue weighted by molar-refractivity contribution is 9.10. The second kappa shape index (κ2) is 4.49. The lowest BCUT2D eigenvalue weighted by Crippen LogP contribution is -1.84. The third kappa shape index (κ3) is 2.14. The normalized spacial score (nSPS) is 10.1. The molecule has 0 spiro atoms. The molecule has 0 atom stereocenters. The van der Waals surface area contributed by atoms with Gasteiger partial charge in [0.25, 0.3) is 0 Å². The first-order valence-electron chi connectivity index (χ1n) is 4.75. The zero-order valence-corrected chi connectivity index (χ0v) is 9.94. The van der Waals surface area contributed by atoms with Gasteiger partial charge in [-0.05, 0) is 35.4 Å². The first-order chi connectivity index (χ1) is 7.70. The molecule has 16 heavy (non-hydrogen) atoms. The van der Waals surface area contributed by atoms with E-state index in [9.17, 15) is 9.90 Å². The molecule has 2 aromatic carbocycles. The summed E-state index contributed by atoms with van der Waals surface area (Å²) in [6, 6.07) is 12.7. The van der Waals surface area contributed by atoms with Crippen LogP contribution in [-0.4, -0.2) is 11.4 Å². The summed E-state index contributed by atoms with van der Waals surface area (Å²) in [5, 5.41) is 9.40. The van der Waals surface area contributed by atoms with Crippen LogP contribution in [0, 0.1) is 0 Å². The minimum atomic E-state index is 0.00810. The molecule has 0 unspecified atom stereocenters. The van der Waals surface area contributed by atoms with Gasteiger partial charge in [0.15, 0.2) is 6.29 Å². The topological polar surface area (TPSA) is 37.3 Å². The van der Waals surface area contributed by atoms with Gasteiger partial charge in [0.05, 0.1) is 5.56 Å². The van der Waals surface area contributed by atoms with E-state index in [0.717, 1.165) is 15.6 Å². The van der Waals surface area contributed by atoms with Gasteiger partial charge in [-0.25, -0.2) is 0 Å². The van der Waals surface area contributed by atoms with E-state index in [2.05, 4.69) is 15.9 Å². The molecular formula is C13H9BrO2. The van der Waals surface area contributed by atoms with Crippen molar-refractivity contribution in [2.24, 2.45) is 0 Å². The molecule has 0 bridgehead atoms. The fourth-order valence-electron chi connectivity index (χ4n) is 1.50. The van der Waals surface area contributed by atoms with Crippen molar-refractivity contribution < 1.29 is 9.90 Å². The molecule has 0 amide bonds. The van der Waals surface area contributed by atoms with E-state index < -0.39 is 0 Å². The molecule has 0 aliphatic carbocycles. The lowest BCUT2D eigenvalue weighted by Gasteiger charge is -2.04. The van der Waals surface area contributed by atoms with Crippen LogP contribution in [-0.2, 0) is 0 Å². The molecule has 0 saturated carbocycles. The van der Waals surface area contributed by atoms with Crippen molar-refractivity contribution in [3.63, 3.8) is 0 Å². The minimum absolute atomic E-state index is 0.00810. The van der Waals surface area contributed by atoms with Gasteiger partial charge in [-0.15, -0.1) is 0 Å². The number of carbonyl (C=O) groups is 1. The number of aromatic hydroxyl groups is 1. The molecule has 0 aliphatic heterocycles. The van der Waals surface area contributed by atoms with Crippen molar-refractivity contribution >= 4 is 22.2 Å². The molecule has 0 aromatic heterocycles. The summed E-state index contributed by atoms with van der Waals surface area (Å²) < 4.78 is 0.978. The van der Waals surface area contributed by atoms with Crippen molar-refractivity contribution in [3.05, 3.63) is 52.5 Å². The zero-order chi connectivity index (χ0) is 11.5. The van der Waals surface area contributed by atoms with Crippen molar-refractivity contribution in [2.75, 3.05) is 0 Å². The predicted octanol–water partition coefficient (Wildman–Crippen LogP) is 3.63. The largest absolute Gasteiger partial charge is 0.507 e. The van der Waals surface area contributed by atoms with E-state index in [1.54, 1.807) is 12.1 Å². The van der Waals surface area contributed by atoms with Crippen molar-refractivity contribution in [1.29, 1.82) is 0 Å². The average Bonchev–Trinajstić information content (AvgIpc) is 2.29. The fraction of sp³-hybridized carbons (Fsp3) is 0. The van der Waals surface area contributed by atoms with Gasteiger partial charge in [-0.1, -0.05) is 34.1 Å². The van der Waals surface area contributed by atoms with E-state index in [0.29, 0.717) is 11.8 Å². The Bertz CT molecular complexity index is 535. The highest BCUT2D eigenvalue weighted by Crippen LogP contribution is 2.26. The SMILES string of the molecule is O=Cc1cc(-c2cccc(Br)c2)ccc1O. The molecule has 0 fully saturated rings. The molecule has 3 heteroatoms. The lowest BCUT2D eigenvalue weighted by molar-refractivity contribution is 0.112. The number of halogens is 1. The van der Waals surface area contributed by atoms with Crippen LogP contribution >= 0.6 is 15.9 Å². The first-order valence-corrected chi connectivity index (χ1v) is 5.54. The molecule has 80 valence electrons. The average molecular weight is 277 g/mol. The van der Waals surface area contributed by atoms with Gasteiger partial charge in [0.2, 0.25) is 0 Å². The van der Waals surface area contributed by atoms with Gasteiger partial charge in [0.1, 0.15) is 5.75 Å². The molecule has 2 nitrogen and oxygen atoms in total. The highest BCUT2D eigenvalue weighted by Gasteiger charge is 2.03. The molecule has 0 radical (unpaired) electrons. The molecule has 2 rings (SSSR count). The van der Waals surface area contributed by atoms with Gasteiger partial charge >= 0.3 is 0 Å². The van der Waals surface area contributed by atoms with Crippen LogP contribution in [0.5, 0.6) is 5.75 Å². The summed E-state index contributed by atoms with van der Waals surface area (Å²) in [5.74, 6) is 0.00810. The maximum atomic E-state index is 10.7. The Hall–Kier alpha value is -1.61. The van der Waals surface area contributed by atoms with Crippen molar-refractivity contribution in [1.82, 2.24) is 0 Å². The second-order valence-corrected chi connectivity index (χ2v) is 4.32. The van der Waals surface area contributed by atoms with Crippen molar-refractivity contribution in [2.45, 2.75) is 0 Å². The number of phenolic OH excluding ortho intramolecular Hbond substituents is 1. The van der Waals surface area contributed by atoms with Crippen LogP contribution in [0.15, 0.2) is 46.9 Å². The summed E-state index contributed by atoms with van der Waals surface area (Å²) >= 11 is 3.39. The monoisotopic (exact) mass is 276 g/mol. The summed E-state index contributed by atoms with van der Waals surface area (Å²) in [6.45, 7) is 0. The van der Waals surface area contributed by atoms with Crippen LogP contribution in [0.3, 0.4) is 0 Å². The van der Waals surface area contributed by atoms with Gasteiger partial charge < -0.3 is 5.11 Å². The third-order valence-corrected chi connectivity index (χ3v) is 2.81. The lowest BCUT2D eigenvalue weighted by atomic mass is 10.0.